The fourth-order valence-electron chi connectivity index (χ4n) is 2.66. The number of halogens is 1. The molecule has 9 heteroatoms. The number of carbonyl (C=O) groups excluding carboxylic acids is 2. The van der Waals surface area contributed by atoms with E-state index in [1.165, 1.54) is 18.4 Å². The van der Waals surface area contributed by atoms with Gasteiger partial charge in [0.25, 0.3) is 5.91 Å². The Morgan fingerprint density at radius 1 is 1.10 bits per heavy atom. The van der Waals surface area contributed by atoms with Gasteiger partial charge in [-0.1, -0.05) is 30.3 Å². The van der Waals surface area contributed by atoms with Crippen molar-refractivity contribution in [2.24, 2.45) is 0 Å². The van der Waals surface area contributed by atoms with Gasteiger partial charge >= 0.3 is 5.69 Å². The normalized spacial score (nSPS) is 11.5. The smallest absolute Gasteiger partial charge is 0.306 e. The Balaban J connectivity index is 1.80. The summed E-state index contributed by atoms with van der Waals surface area (Å²) in [6.45, 7) is 0. The fraction of sp³-hybridized carbons (Fsp3) is 0.100. The Labute approximate surface area is 164 Å². The van der Waals surface area contributed by atoms with E-state index in [9.17, 15) is 24.1 Å². The molecule has 8 nitrogen and oxygen atoms in total. The van der Waals surface area contributed by atoms with Gasteiger partial charge in [-0.15, -0.1) is 0 Å². The van der Waals surface area contributed by atoms with Gasteiger partial charge in [-0.25, -0.2) is 0 Å². The summed E-state index contributed by atoms with van der Waals surface area (Å²) in [5.41, 5.74) is 0.0629. The van der Waals surface area contributed by atoms with Gasteiger partial charge in [-0.05, 0) is 29.8 Å². The summed E-state index contributed by atoms with van der Waals surface area (Å²) >= 11 is 0. The van der Waals surface area contributed by atoms with Crippen LogP contribution in [0.4, 0.5) is 15.8 Å². The molecule has 29 heavy (non-hydrogen) atoms. The largest absolute Gasteiger partial charge is 0.459 e. The minimum atomic E-state index is -1.01. The number of nitrogens with zero attached hydrogens (tertiary/aromatic N) is 1. The van der Waals surface area contributed by atoms with Crippen LogP contribution in [0.3, 0.4) is 0 Å². The third kappa shape index (κ3) is 5.04. The first-order valence-corrected chi connectivity index (χ1v) is 8.57. The molecule has 3 rings (SSSR count). The van der Waals surface area contributed by atoms with Crippen LogP contribution in [0.25, 0.3) is 0 Å². The van der Waals surface area contributed by atoms with E-state index >= 15 is 0 Å². The van der Waals surface area contributed by atoms with Crippen molar-refractivity contribution in [2.75, 3.05) is 5.32 Å². The molecule has 1 heterocycles. The molecule has 2 amide bonds. The lowest BCUT2D eigenvalue weighted by Crippen LogP contribution is -2.45. The van der Waals surface area contributed by atoms with Gasteiger partial charge in [0.1, 0.15) is 6.04 Å². The number of hydrogen-bond acceptors (Lipinski definition) is 5. The first kappa shape index (κ1) is 19.7. The van der Waals surface area contributed by atoms with Crippen molar-refractivity contribution in [1.29, 1.82) is 0 Å². The number of nitro benzene ring substituents is 1. The van der Waals surface area contributed by atoms with Crippen LogP contribution in [0.1, 0.15) is 16.1 Å². The van der Waals surface area contributed by atoms with E-state index < -0.39 is 34.3 Å². The Morgan fingerprint density at radius 3 is 2.52 bits per heavy atom. The van der Waals surface area contributed by atoms with Crippen molar-refractivity contribution >= 4 is 23.2 Å². The maximum Gasteiger partial charge on any atom is 0.306 e. The van der Waals surface area contributed by atoms with Gasteiger partial charge in [0.05, 0.1) is 11.2 Å². The number of nitrogens with one attached hydrogen (secondary N) is 2. The van der Waals surface area contributed by atoms with Gasteiger partial charge in [0.2, 0.25) is 11.7 Å². The lowest BCUT2D eigenvalue weighted by Gasteiger charge is -2.18. The summed E-state index contributed by atoms with van der Waals surface area (Å²) in [7, 11) is 0. The van der Waals surface area contributed by atoms with E-state index in [1.807, 2.05) is 6.07 Å². The quantitative estimate of drug-likeness (QED) is 0.469. The summed E-state index contributed by atoms with van der Waals surface area (Å²) in [6.07, 6.45) is 1.50. The summed E-state index contributed by atoms with van der Waals surface area (Å²) < 4.78 is 18.6. The number of anilines is 1. The number of rotatable bonds is 7. The fourth-order valence-corrected chi connectivity index (χ4v) is 2.66. The molecule has 0 unspecified atom stereocenters. The summed E-state index contributed by atoms with van der Waals surface area (Å²) in [5.74, 6) is -2.18. The second-order valence-corrected chi connectivity index (χ2v) is 6.11. The third-order valence-electron chi connectivity index (χ3n) is 4.06. The van der Waals surface area contributed by atoms with Crippen molar-refractivity contribution in [3.63, 3.8) is 0 Å². The SMILES string of the molecule is O=C(N[C@@H](Cc1ccccc1)C(=O)Nc1ccc(F)c([N+](=O)[O-])c1)c1ccco1. The molecule has 1 aromatic heterocycles. The lowest BCUT2D eigenvalue weighted by atomic mass is 10.0. The number of hydrogen-bond donors (Lipinski definition) is 2. The zero-order chi connectivity index (χ0) is 20.8. The molecule has 0 aliphatic carbocycles. The molecule has 0 aliphatic rings. The van der Waals surface area contributed by atoms with Crippen LogP contribution < -0.4 is 10.6 Å². The topological polar surface area (TPSA) is 114 Å². The van der Waals surface area contributed by atoms with Crippen molar-refractivity contribution in [3.8, 4) is 0 Å². The highest BCUT2D eigenvalue weighted by Crippen LogP contribution is 2.22. The van der Waals surface area contributed by atoms with Crippen LogP contribution in [0.15, 0.2) is 71.3 Å². The zero-order valence-corrected chi connectivity index (χ0v) is 15.0. The second kappa shape index (κ2) is 8.79. The molecule has 0 spiro atoms. The van der Waals surface area contributed by atoms with Crippen LogP contribution in [-0.4, -0.2) is 22.8 Å². The molecule has 0 fully saturated rings. The molecule has 1 atom stereocenters. The molecular formula is C20H16FN3O5. The molecule has 0 saturated heterocycles. The molecule has 2 N–H and O–H groups in total. The van der Waals surface area contributed by atoms with Crippen LogP contribution >= 0.6 is 0 Å². The minimum absolute atomic E-state index is 0.0354. The van der Waals surface area contributed by atoms with E-state index in [2.05, 4.69) is 10.6 Å². The maximum absolute atomic E-state index is 13.5. The molecule has 0 radical (unpaired) electrons. The molecule has 0 aliphatic heterocycles. The number of amides is 2. The lowest BCUT2D eigenvalue weighted by molar-refractivity contribution is -0.387. The molecular weight excluding hydrogens is 381 g/mol. The molecule has 0 saturated carbocycles. The average Bonchev–Trinajstić information content (AvgIpc) is 3.24. The van der Waals surface area contributed by atoms with E-state index in [0.29, 0.717) is 0 Å². The molecule has 148 valence electrons. The molecule has 3 aromatic rings. The number of benzene rings is 2. The van der Waals surface area contributed by atoms with E-state index in [-0.39, 0.29) is 17.9 Å². The zero-order valence-electron chi connectivity index (χ0n) is 15.0. The van der Waals surface area contributed by atoms with Gasteiger partial charge in [-0.2, -0.15) is 4.39 Å². The first-order chi connectivity index (χ1) is 13.9. The molecule has 2 aromatic carbocycles. The number of nitro groups is 1. The minimum Gasteiger partial charge on any atom is -0.459 e. The number of furan rings is 1. The van der Waals surface area contributed by atoms with Crippen molar-refractivity contribution in [2.45, 2.75) is 12.5 Å². The van der Waals surface area contributed by atoms with Gasteiger partial charge in [0, 0.05) is 18.2 Å². The van der Waals surface area contributed by atoms with E-state index in [1.54, 1.807) is 30.3 Å². The highest BCUT2D eigenvalue weighted by Gasteiger charge is 2.24. The predicted octanol–water partition coefficient (Wildman–Crippen LogP) is 3.31. The maximum atomic E-state index is 13.5. The summed E-state index contributed by atoms with van der Waals surface area (Å²) in [4.78, 5) is 35.1. The van der Waals surface area contributed by atoms with E-state index in [0.717, 1.165) is 17.7 Å². The average molecular weight is 397 g/mol. The van der Waals surface area contributed by atoms with Crippen LogP contribution in [0.2, 0.25) is 0 Å². The third-order valence-corrected chi connectivity index (χ3v) is 4.06. The van der Waals surface area contributed by atoms with Gasteiger partial charge in [-0.3, -0.25) is 19.7 Å². The standard InChI is InChI=1S/C20H16FN3O5/c21-15-9-8-14(12-17(15)24(27)28)22-19(25)16(11-13-5-2-1-3-6-13)23-20(26)18-7-4-10-29-18/h1-10,12,16H,11H2,(H,22,25)(H,23,26)/t16-/m0/s1. The van der Waals surface area contributed by atoms with Gasteiger partial charge in [0.15, 0.2) is 5.76 Å². The van der Waals surface area contributed by atoms with Crippen LogP contribution in [0.5, 0.6) is 0 Å². The molecule has 0 bridgehead atoms. The predicted molar refractivity (Wildman–Crippen MR) is 102 cm³/mol. The van der Waals surface area contributed by atoms with Crippen molar-refractivity contribution < 1.29 is 23.3 Å². The summed E-state index contributed by atoms with van der Waals surface area (Å²) in [5, 5.41) is 16.0. The van der Waals surface area contributed by atoms with Crippen molar-refractivity contribution in [1.82, 2.24) is 5.32 Å². The van der Waals surface area contributed by atoms with E-state index in [4.69, 9.17) is 4.42 Å². The van der Waals surface area contributed by atoms with Crippen molar-refractivity contribution in [3.05, 3.63) is 94.2 Å². The first-order valence-electron chi connectivity index (χ1n) is 8.57. The van der Waals surface area contributed by atoms with Crippen LogP contribution in [-0.2, 0) is 11.2 Å². The number of carbonyl (C=O) groups is 2. The Bertz CT molecular complexity index is 1020. The highest BCUT2D eigenvalue weighted by molar-refractivity contribution is 6.00. The van der Waals surface area contributed by atoms with Gasteiger partial charge < -0.3 is 15.1 Å². The Hall–Kier alpha value is -4.01. The Morgan fingerprint density at radius 2 is 1.86 bits per heavy atom. The summed E-state index contributed by atoms with van der Waals surface area (Å²) in [6, 6.07) is 14.0. The second-order valence-electron chi connectivity index (χ2n) is 6.11. The monoisotopic (exact) mass is 397 g/mol. The van der Waals surface area contributed by atoms with Crippen LogP contribution in [0, 0.1) is 15.9 Å². The Kier molecular flexibility index (Phi) is 5.98. The highest BCUT2D eigenvalue weighted by atomic mass is 19.1.